The number of benzene rings is 1. The minimum atomic E-state index is 0.412. The molecule has 0 heterocycles. The van der Waals surface area contributed by atoms with Crippen LogP contribution in [0.3, 0.4) is 0 Å². The second-order valence-electron chi connectivity index (χ2n) is 4.84. The summed E-state index contributed by atoms with van der Waals surface area (Å²) < 4.78 is 5.44. The van der Waals surface area contributed by atoms with E-state index in [-0.39, 0.29) is 0 Å². The van der Waals surface area contributed by atoms with Gasteiger partial charge in [-0.3, -0.25) is 0 Å². The Morgan fingerprint density at radius 2 is 2.06 bits per heavy atom. The minimum Gasteiger partial charge on any atom is -0.496 e. The molecular formula is C14H19BrO. The van der Waals surface area contributed by atoms with Crippen LogP contribution in [0.15, 0.2) is 18.2 Å². The van der Waals surface area contributed by atoms with Crippen LogP contribution in [0.5, 0.6) is 5.75 Å². The van der Waals surface area contributed by atoms with E-state index in [9.17, 15) is 0 Å². The number of methoxy groups -OCH3 is 1. The van der Waals surface area contributed by atoms with Gasteiger partial charge in [0.1, 0.15) is 5.75 Å². The topological polar surface area (TPSA) is 9.23 Å². The summed E-state index contributed by atoms with van der Waals surface area (Å²) in [5.74, 6) is 2.59. The van der Waals surface area contributed by atoms with Crippen molar-refractivity contribution in [2.45, 2.75) is 31.5 Å². The summed E-state index contributed by atoms with van der Waals surface area (Å²) in [5, 5.41) is 0. The van der Waals surface area contributed by atoms with E-state index in [1.54, 1.807) is 7.11 Å². The molecule has 1 nitrogen and oxygen atoms in total. The quantitative estimate of drug-likeness (QED) is 0.740. The Bertz CT molecular complexity index is 371. The van der Waals surface area contributed by atoms with Crippen LogP contribution in [0.2, 0.25) is 0 Å². The van der Waals surface area contributed by atoms with Crippen molar-refractivity contribution in [1.82, 2.24) is 0 Å². The van der Waals surface area contributed by atoms with Gasteiger partial charge >= 0.3 is 0 Å². The molecule has 0 saturated heterocycles. The third-order valence-corrected chi connectivity index (χ3v) is 4.84. The molecule has 2 atom stereocenters. The van der Waals surface area contributed by atoms with Crippen LogP contribution in [0.1, 0.15) is 35.7 Å². The number of rotatable bonds is 4. The van der Waals surface area contributed by atoms with Crippen LogP contribution in [0, 0.1) is 18.8 Å². The highest BCUT2D eigenvalue weighted by Crippen LogP contribution is 2.48. The first kappa shape index (κ1) is 12.0. The summed E-state index contributed by atoms with van der Waals surface area (Å²) in [6.07, 6.45) is 2.77. The maximum Gasteiger partial charge on any atom is 0.123 e. The van der Waals surface area contributed by atoms with E-state index < -0.39 is 0 Å². The molecule has 16 heavy (non-hydrogen) atoms. The SMILES string of the molecule is COc1ccc(C)cc1C(Br)C(C)C1CC1. The zero-order valence-electron chi connectivity index (χ0n) is 10.2. The summed E-state index contributed by atoms with van der Waals surface area (Å²) in [5.41, 5.74) is 2.59. The average Bonchev–Trinajstić information content (AvgIpc) is 3.11. The van der Waals surface area contributed by atoms with Gasteiger partial charge in [-0.25, -0.2) is 0 Å². The molecule has 1 aliphatic rings. The van der Waals surface area contributed by atoms with Gasteiger partial charge in [0, 0.05) is 10.4 Å². The first-order valence-corrected chi connectivity index (χ1v) is 6.83. The highest BCUT2D eigenvalue weighted by molar-refractivity contribution is 9.09. The zero-order valence-corrected chi connectivity index (χ0v) is 11.8. The van der Waals surface area contributed by atoms with Crippen molar-refractivity contribution in [2.24, 2.45) is 11.8 Å². The van der Waals surface area contributed by atoms with Crippen LogP contribution < -0.4 is 4.74 Å². The largest absolute Gasteiger partial charge is 0.496 e. The fourth-order valence-corrected chi connectivity index (χ4v) is 3.00. The Hall–Kier alpha value is -0.500. The van der Waals surface area contributed by atoms with Gasteiger partial charge in [-0.05, 0) is 37.7 Å². The predicted octanol–water partition coefficient (Wildman–Crippen LogP) is 4.49. The van der Waals surface area contributed by atoms with Crippen LogP contribution >= 0.6 is 15.9 Å². The second kappa shape index (κ2) is 4.79. The lowest BCUT2D eigenvalue weighted by atomic mass is 9.95. The predicted molar refractivity (Wildman–Crippen MR) is 71.3 cm³/mol. The smallest absolute Gasteiger partial charge is 0.123 e. The molecule has 1 aromatic carbocycles. The van der Waals surface area contributed by atoms with Crippen LogP contribution in [-0.4, -0.2) is 7.11 Å². The van der Waals surface area contributed by atoms with Crippen molar-refractivity contribution >= 4 is 15.9 Å². The Balaban J connectivity index is 2.26. The normalized spacial score (nSPS) is 19.2. The van der Waals surface area contributed by atoms with E-state index in [0.717, 1.165) is 11.7 Å². The molecule has 1 aromatic rings. The molecule has 2 heteroatoms. The number of hydrogen-bond acceptors (Lipinski definition) is 1. The van der Waals surface area contributed by atoms with E-state index in [0.29, 0.717) is 10.7 Å². The average molecular weight is 283 g/mol. The van der Waals surface area contributed by atoms with E-state index in [2.05, 4.69) is 48.0 Å². The van der Waals surface area contributed by atoms with Gasteiger partial charge < -0.3 is 4.74 Å². The van der Waals surface area contributed by atoms with Gasteiger partial charge in [-0.15, -0.1) is 0 Å². The molecule has 0 amide bonds. The molecule has 1 fully saturated rings. The maximum atomic E-state index is 5.44. The van der Waals surface area contributed by atoms with E-state index in [4.69, 9.17) is 4.74 Å². The highest BCUT2D eigenvalue weighted by Gasteiger charge is 2.33. The lowest BCUT2D eigenvalue weighted by molar-refractivity contribution is 0.401. The van der Waals surface area contributed by atoms with E-state index in [1.807, 2.05) is 0 Å². The fraction of sp³-hybridized carbons (Fsp3) is 0.571. The van der Waals surface area contributed by atoms with Crippen LogP contribution in [0.4, 0.5) is 0 Å². The molecule has 2 rings (SSSR count). The lowest BCUT2D eigenvalue weighted by Gasteiger charge is -2.21. The van der Waals surface area contributed by atoms with Crippen molar-refractivity contribution in [3.63, 3.8) is 0 Å². The Kier molecular flexibility index (Phi) is 3.58. The van der Waals surface area contributed by atoms with Crippen molar-refractivity contribution in [2.75, 3.05) is 7.11 Å². The van der Waals surface area contributed by atoms with E-state index in [1.165, 1.54) is 24.0 Å². The number of alkyl halides is 1. The van der Waals surface area contributed by atoms with Gasteiger partial charge in [-0.2, -0.15) is 0 Å². The molecule has 2 unspecified atom stereocenters. The number of aryl methyl sites for hydroxylation is 1. The third kappa shape index (κ3) is 2.42. The second-order valence-corrected chi connectivity index (χ2v) is 5.83. The molecule has 1 aliphatic carbocycles. The van der Waals surface area contributed by atoms with Crippen molar-refractivity contribution in [3.8, 4) is 5.75 Å². The Labute approximate surface area is 106 Å². The van der Waals surface area contributed by atoms with Gasteiger partial charge in [0.2, 0.25) is 0 Å². The van der Waals surface area contributed by atoms with E-state index >= 15 is 0 Å². The summed E-state index contributed by atoms with van der Waals surface area (Å²) in [6, 6.07) is 6.40. The van der Waals surface area contributed by atoms with Crippen LogP contribution in [-0.2, 0) is 0 Å². The summed E-state index contributed by atoms with van der Waals surface area (Å²) >= 11 is 3.84. The first-order valence-electron chi connectivity index (χ1n) is 5.92. The van der Waals surface area contributed by atoms with Gasteiger partial charge in [0.05, 0.1) is 7.11 Å². The number of ether oxygens (including phenoxy) is 1. The molecule has 0 N–H and O–H groups in total. The molecule has 0 radical (unpaired) electrons. The Morgan fingerprint density at radius 1 is 1.38 bits per heavy atom. The molecule has 88 valence electrons. The van der Waals surface area contributed by atoms with Crippen molar-refractivity contribution in [3.05, 3.63) is 29.3 Å². The molecule has 0 bridgehead atoms. The molecule has 0 spiro atoms. The van der Waals surface area contributed by atoms with Gasteiger partial charge in [0.25, 0.3) is 0 Å². The third-order valence-electron chi connectivity index (χ3n) is 3.51. The number of hydrogen-bond donors (Lipinski definition) is 0. The van der Waals surface area contributed by atoms with Gasteiger partial charge in [0.15, 0.2) is 0 Å². The first-order chi connectivity index (χ1) is 7.63. The van der Waals surface area contributed by atoms with Crippen molar-refractivity contribution in [1.29, 1.82) is 0 Å². The summed E-state index contributed by atoms with van der Waals surface area (Å²) in [4.78, 5) is 0.412. The molecule has 0 aromatic heterocycles. The molecule has 1 saturated carbocycles. The highest BCUT2D eigenvalue weighted by atomic mass is 79.9. The zero-order chi connectivity index (χ0) is 11.7. The van der Waals surface area contributed by atoms with Crippen LogP contribution in [0.25, 0.3) is 0 Å². The summed E-state index contributed by atoms with van der Waals surface area (Å²) in [7, 11) is 1.75. The molecule has 0 aliphatic heterocycles. The number of halogens is 1. The lowest BCUT2D eigenvalue weighted by Crippen LogP contribution is -2.07. The monoisotopic (exact) mass is 282 g/mol. The maximum absolute atomic E-state index is 5.44. The fourth-order valence-electron chi connectivity index (χ4n) is 2.21. The minimum absolute atomic E-state index is 0.412. The Morgan fingerprint density at radius 3 is 2.62 bits per heavy atom. The van der Waals surface area contributed by atoms with Crippen molar-refractivity contribution < 1.29 is 4.74 Å². The van der Waals surface area contributed by atoms with Gasteiger partial charge in [-0.1, -0.05) is 40.5 Å². The standard InChI is InChI=1S/C14H19BrO/c1-9-4-7-13(16-3)12(8-9)14(15)10(2)11-5-6-11/h4,7-8,10-11,14H,5-6H2,1-3H3. The molecular weight excluding hydrogens is 264 g/mol. The summed E-state index contributed by atoms with van der Waals surface area (Å²) in [6.45, 7) is 4.46.